The second-order valence-electron chi connectivity index (χ2n) is 18.6. The highest BCUT2D eigenvalue weighted by molar-refractivity contribution is 14.1. The van der Waals surface area contributed by atoms with Crippen LogP contribution in [0, 0.1) is 49.9 Å². The summed E-state index contributed by atoms with van der Waals surface area (Å²) in [7, 11) is 0. The van der Waals surface area contributed by atoms with Gasteiger partial charge in [-0.25, -0.2) is 0 Å². The number of carbonyl (C=O) groups excluding carboxylic acids is 9. The van der Waals surface area contributed by atoms with E-state index in [4.69, 9.17) is 5.73 Å². The van der Waals surface area contributed by atoms with Gasteiger partial charge in [0.2, 0.25) is 17.7 Å². The van der Waals surface area contributed by atoms with E-state index < -0.39 is 198 Å². The van der Waals surface area contributed by atoms with E-state index in [-0.39, 0.29) is 71.2 Å². The first-order chi connectivity index (χ1) is 40.8. The lowest BCUT2D eigenvalue weighted by Gasteiger charge is -2.32. The second-order valence-corrected chi connectivity index (χ2v) is 28.3. The fraction of sp³-hybridized carbons (Fsp3) is 0.438. The molecule has 3 aromatic carbocycles. The number of carbonyl (C=O) groups is 9. The molecule has 1 aliphatic rings. The summed E-state index contributed by atoms with van der Waals surface area (Å²) in [5.41, 5.74) is 2.86. The van der Waals surface area contributed by atoms with Gasteiger partial charge in [0.15, 0.2) is 0 Å². The van der Waals surface area contributed by atoms with E-state index in [2.05, 4.69) is 37.2 Å². The van der Waals surface area contributed by atoms with Crippen molar-refractivity contribution in [3.63, 3.8) is 0 Å². The topological polar surface area (TPSA) is 510 Å². The zero-order chi connectivity index (χ0) is 65.8. The number of hydrogen-bond donors (Lipinski definition) is 20. The number of nitrogens with one attached hydrogen (secondary N) is 7. The van der Waals surface area contributed by atoms with E-state index in [0.29, 0.717) is 0 Å². The van der Waals surface area contributed by atoms with Crippen LogP contribution in [-0.4, -0.2) is 230 Å². The zero-order valence-electron chi connectivity index (χ0n) is 44.1. The number of benzene rings is 3. The van der Waals surface area contributed by atoms with Gasteiger partial charge in [-0.3, -0.25) is 48.1 Å². The number of amides is 9. The van der Waals surface area contributed by atoms with E-state index in [1.807, 2.05) is 0 Å². The molecule has 9 unspecified atom stereocenters. The first kappa shape index (κ1) is 78.4. The average molecular weight is 2240 g/mol. The molecule has 9 amide bonds. The smallest absolute Gasteiger partial charge is 0.253 e. The lowest BCUT2D eigenvalue weighted by molar-refractivity contribution is -0.123. The van der Waals surface area contributed by atoms with Crippen molar-refractivity contribution in [2.75, 3.05) is 89.1 Å². The zero-order valence-corrected chi connectivity index (χ0v) is 63.6. The molecular formula is C48H54I9N9O21. The molecule has 87 heavy (non-hydrogen) atoms. The van der Waals surface area contributed by atoms with Crippen LogP contribution in [0.5, 0.6) is 0 Å². The third kappa shape index (κ3) is 19.1. The summed E-state index contributed by atoms with van der Waals surface area (Å²) in [4.78, 5) is 132. The van der Waals surface area contributed by atoms with Gasteiger partial charge in [0.05, 0.1) is 166 Å². The highest BCUT2D eigenvalue weighted by Crippen LogP contribution is 2.53. The predicted octanol–water partition coefficient (Wildman–Crippen LogP) is -2.72. The molecule has 480 valence electrons. The average Bonchev–Trinajstić information content (AvgIpc) is 1.74. The van der Waals surface area contributed by atoms with Crippen molar-refractivity contribution in [3.05, 3.63) is 65.5 Å². The molecule has 0 radical (unpaired) electrons. The molecule has 0 aromatic heterocycles. The minimum Gasteiger partial charge on any atom is -0.394 e. The summed E-state index contributed by atoms with van der Waals surface area (Å²) < 4.78 is -1.18. The quantitative estimate of drug-likeness (QED) is 0.0302. The largest absolute Gasteiger partial charge is 0.394 e. The summed E-state index contributed by atoms with van der Waals surface area (Å²) in [6.45, 7) is -8.08. The van der Waals surface area contributed by atoms with Crippen LogP contribution >= 0.6 is 203 Å². The van der Waals surface area contributed by atoms with Crippen LogP contribution in [0.15, 0.2) is 0 Å². The van der Waals surface area contributed by atoms with Crippen molar-refractivity contribution in [3.8, 4) is 0 Å². The van der Waals surface area contributed by atoms with E-state index in [1.54, 1.807) is 203 Å². The molecule has 39 heteroatoms. The highest BCUT2D eigenvalue weighted by Gasteiger charge is 2.64. The highest BCUT2D eigenvalue weighted by atomic mass is 127. The molecule has 3 aromatic rings. The lowest BCUT2D eigenvalue weighted by Crippen LogP contribution is -2.40. The van der Waals surface area contributed by atoms with Gasteiger partial charge in [0, 0.05) is 50.0 Å². The molecule has 0 bridgehead atoms. The van der Waals surface area contributed by atoms with Crippen LogP contribution in [0.3, 0.4) is 0 Å². The van der Waals surface area contributed by atoms with Crippen molar-refractivity contribution in [1.29, 1.82) is 0 Å². The van der Waals surface area contributed by atoms with Crippen molar-refractivity contribution in [2.45, 2.75) is 36.6 Å². The van der Waals surface area contributed by atoms with Crippen molar-refractivity contribution < 1.29 is 104 Å². The van der Waals surface area contributed by atoms with Crippen LogP contribution in [0.2, 0.25) is 0 Å². The minimum atomic E-state index is -1.88. The summed E-state index contributed by atoms with van der Waals surface area (Å²) in [5.74, 6) is -15.1. The number of halogens is 9. The minimum absolute atomic E-state index is 0.0227. The molecule has 1 fully saturated rings. The molecule has 4 rings (SSSR count). The third-order valence-corrected chi connectivity index (χ3v) is 22.0. The van der Waals surface area contributed by atoms with Crippen LogP contribution in [0.25, 0.3) is 0 Å². The molecule has 0 heterocycles. The van der Waals surface area contributed by atoms with E-state index >= 15 is 9.59 Å². The SMILES string of the molecule is NC(=O)C1C(C(=O)Nc2c(I)c(C(=O)NCC(O)CO)c(I)c(C(=O)NCC(O)CO)c2I)C1C(=O)N(c1c(I)c(C(=O)NCC(O)CO)c(I)c(C(=O)NCC(O)CO)c1I)c1c(I)c(C(=O)NCC(O)CO)c(I)c(C(=O)NCC(O)CO)c1I. The maximum Gasteiger partial charge on any atom is 0.253 e. The second kappa shape index (κ2) is 36.0. The monoisotopic (exact) mass is 2230 g/mol. The first-order valence-electron chi connectivity index (χ1n) is 24.8. The van der Waals surface area contributed by atoms with Crippen LogP contribution < -0.4 is 47.9 Å². The molecule has 0 saturated heterocycles. The fourth-order valence-electron chi connectivity index (χ4n) is 7.83. The van der Waals surface area contributed by atoms with Crippen molar-refractivity contribution >= 4 is 274 Å². The Kier molecular flexibility index (Phi) is 32.5. The predicted molar refractivity (Wildman–Crippen MR) is 382 cm³/mol. The maximum atomic E-state index is 16.4. The number of aliphatic hydroxyl groups excluding tert-OH is 12. The Labute approximate surface area is 616 Å². The van der Waals surface area contributed by atoms with Crippen molar-refractivity contribution in [2.24, 2.45) is 23.5 Å². The lowest BCUT2D eigenvalue weighted by atomic mass is 10.0. The maximum absolute atomic E-state index is 16.4. The van der Waals surface area contributed by atoms with Crippen LogP contribution in [0.4, 0.5) is 17.1 Å². The van der Waals surface area contributed by atoms with Crippen molar-refractivity contribution in [1.82, 2.24) is 31.9 Å². The molecule has 30 nitrogen and oxygen atoms in total. The van der Waals surface area contributed by atoms with Crippen LogP contribution in [-0.2, 0) is 14.4 Å². The fourth-order valence-corrected chi connectivity index (χ4v) is 21.5. The number of aliphatic hydroxyl groups is 12. The number of hydrogen-bond acceptors (Lipinski definition) is 21. The Balaban J connectivity index is 2.23. The van der Waals surface area contributed by atoms with E-state index in [1.165, 1.54) is 0 Å². The Morgan fingerprint density at radius 3 is 0.782 bits per heavy atom. The van der Waals surface area contributed by atoms with Crippen LogP contribution in [0.1, 0.15) is 62.1 Å². The Morgan fingerprint density at radius 1 is 0.356 bits per heavy atom. The van der Waals surface area contributed by atoms with Gasteiger partial charge in [-0.15, -0.1) is 0 Å². The van der Waals surface area contributed by atoms with Gasteiger partial charge in [-0.1, -0.05) is 0 Å². The molecular weight excluding hydrogens is 2180 g/mol. The van der Waals surface area contributed by atoms with Gasteiger partial charge >= 0.3 is 0 Å². The van der Waals surface area contributed by atoms with Gasteiger partial charge in [0.25, 0.3) is 35.4 Å². The summed E-state index contributed by atoms with van der Waals surface area (Å²) >= 11 is 15.0. The number of nitrogens with zero attached hydrogens (tertiary/aromatic N) is 1. The first-order valence-corrected chi connectivity index (χ1v) is 34.5. The molecule has 9 atom stereocenters. The molecule has 1 aliphatic carbocycles. The molecule has 21 N–H and O–H groups in total. The number of nitrogens with two attached hydrogens (primary N) is 1. The standard InChI is InChI=1S/C48H54I9N9O21/c49-28-22(41(80)59-1-13(73)7-67)31(52)37(32(53)23(28)42(81)60-2-14(74)8-68)65-47(86)20-19(40(58)79)21(20)48(87)66(38-33(54)24(43(82)61-3-15(75)9-69)29(50)25(34(38)55)44(83)62-4-16(76)10-70)39-35(56)26(45(84)63-5-17(77)11-71)30(51)27(36(39)57)46(85)64-6-18(78)12-72/h13-21,67-78H,1-12H2,(H2,58,79)(H,59,80)(H,60,81)(H,61,82)(H,62,83)(H,63,84)(H,64,85)(H,65,86). The van der Waals surface area contributed by atoms with E-state index in [9.17, 15) is 94.8 Å². The van der Waals surface area contributed by atoms with Gasteiger partial charge in [-0.2, -0.15) is 0 Å². The third-order valence-electron chi connectivity index (χ3n) is 12.4. The van der Waals surface area contributed by atoms with Gasteiger partial charge < -0.3 is 104 Å². The van der Waals surface area contributed by atoms with E-state index in [0.717, 1.165) is 4.90 Å². The number of rotatable bonds is 30. The number of primary amides is 1. The summed E-state index contributed by atoms with van der Waals surface area (Å²) in [5, 5.41) is 136. The molecule has 0 aliphatic heterocycles. The Hall–Kier alpha value is -1.02. The number of anilines is 3. The molecule has 0 spiro atoms. The normalized spacial score (nSPS) is 16.5. The summed E-state index contributed by atoms with van der Waals surface area (Å²) in [6.07, 6.45) is -8.95. The van der Waals surface area contributed by atoms with Gasteiger partial charge in [-0.05, 0) is 203 Å². The Morgan fingerprint density at radius 2 is 0.575 bits per heavy atom. The van der Waals surface area contributed by atoms with Gasteiger partial charge in [0.1, 0.15) is 0 Å². The summed E-state index contributed by atoms with van der Waals surface area (Å²) in [6, 6.07) is 0. The Bertz CT molecular complexity index is 2900. The molecule has 1 saturated carbocycles.